The van der Waals surface area contributed by atoms with Gasteiger partial charge in [-0.1, -0.05) is 36.8 Å². The van der Waals surface area contributed by atoms with Gasteiger partial charge in [-0.25, -0.2) is 8.42 Å². The van der Waals surface area contributed by atoms with Gasteiger partial charge in [-0.2, -0.15) is 4.31 Å². The number of nitrogens with zero attached hydrogens (tertiary/aromatic N) is 1. The Balaban J connectivity index is 1.77. The van der Waals surface area contributed by atoms with E-state index in [9.17, 15) is 8.42 Å². The fourth-order valence-corrected chi connectivity index (χ4v) is 5.57. The van der Waals surface area contributed by atoms with Crippen LogP contribution < -0.4 is 4.74 Å². The first-order valence-electron chi connectivity index (χ1n) is 8.84. The van der Waals surface area contributed by atoms with Gasteiger partial charge in [-0.05, 0) is 42.5 Å². The quantitative estimate of drug-likeness (QED) is 0.752. The fraction of sp³-hybridized carbons (Fsp3) is 0.300. The van der Waals surface area contributed by atoms with E-state index >= 15 is 0 Å². The van der Waals surface area contributed by atoms with Crippen LogP contribution in [0.1, 0.15) is 31.0 Å². The molecule has 3 aromatic rings. The number of para-hydroxylation sites is 2. The number of sulfonamides is 1. The molecule has 0 saturated carbocycles. The number of nitrogens with one attached hydrogen (secondary N) is 1. The van der Waals surface area contributed by atoms with Crippen molar-refractivity contribution in [2.24, 2.45) is 0 Å². The summed E-state index contributed by atoms with van der Waals surface area (Å²) >= 11 is 0. The third kappa shape index (κ3) is 2.89. The molecule has 6 heteroatoms. The summed E-state index contributed by atoms with van der Waals surface area (Å²) in [4.78, 5) is 3.64. The minimum atomic E-state index is -3.65. The van der Waals surface area contributed by atoms with Crippen molar-refractivity contribution in [3.63, 3.8) is 0 Å². The lowest BCUT2D eigenvalue weighted by Crippen LogP contribution is -2.38. The molecule has 1 atom stereocenters. The average Bonchev–Trinajstić information content (AvgIpc) is 3.12. The molecule has 0 amide bonds. The van der Waals surface area contributed by atoms with Crippen LogP contribution >= 0.6 is 0 Å². The van der Waals surface area contributed by atoms with Gasteiger partial charge in [0.25, 0.3) is 0 Å². The summed E-state index contributed by atoms with van der Waals surface area (Å²) in [6.45, 7) is 0.514. The van der Waals surface area contributed by atoms with E-state index in [0.717, 1.165) is 35.9 Å². The summed E-state index contributed by atoms with van der Waals surface area (Å²) in [5.74, 6) is 0.383. The molecule has 26 heavy (non-hydrogen) atoms. The molecular formula is C20H22N2O3S. The minimum Gasteiger partial charge on any atom is -0.495 e. The Morgan fingerprint density at radius 1 is 1.08 bits per heavy atom. The van der Waals surface area contributed by atoms with Crippen LogP contribution in [0.3, 0.4) is 0 Å². The molecule has 2 aromatic carbocycles. The number of H-pyrrole nitrogens is 1. The molecule has 1 aromatic heterocycles. The number of methoxy groups -OCH3 is 1. The van der Waals surface area contributed by atoms with Gasteiger partial charge in [0.15, 0.2) is 0 Å². The molecule has 1 unspecified atom stereocenters. The summed E-state index contributed by atoms with van der Waals surface area (Å²) in [7, 11) is -2.15. The number of aromatic amines is 1. The first-order valence-corrected chi connectivity index (χ1v) is 10.3. The van der Waals surface area contributed by atoms with E-state index < -0.39 is 10.0 Å². The highest BCUT2D eigenvalue weighted by Gasteiger charge is 2.36. The van der Waals surface area contributed by atoms with Crippen molar-refractivity contribution in [1.82, 2.24) is 9.29 Å². The van der Waals surface area contributed by atoms with Crippen LogP contribution in [-0.4, -0.2) is 31.4 Å². The van der Waals surface area contributed by atoms with Crippen molar-refractivity contribution in [3.05, 3.63) is 60.3 Å². The number of aromatic nitrogens is 1. The molecular weight excluding hydrogens is 348 g/mol. The van der Waals surface area contributed by atoms with E-state index in [0.29, 0.717) is 12.3 Å². The maximum absolute atomic E-state index is 13.4. The second-order valence-corrected chi connectivity index (χ2v) is 8.45. The molecule has 5 nitrogen and oxygen atoms in total. The smallest absolute Gasteiger partial charge is 0.247 e. The number of piperidine rings is 1. The van der Waals surface area contributed by atoms with Crippen molar-refractivity contribution < 1.29 is 13.2 Å². The predicted octanol–water partition coefficient (Wildman–Crippen LogP) is 4.09. The fourth-order valence-electron chi connectivity index (χ4n) is 3.74. The van der Waals surface area contributed by atoms with Gasteiger partial charge in [-0.3, -0.25) is 0 Å². The Kier molecular flexibility index (Phi) is 4.46. The highest BCUT2D eigenvalue weighted by atomic mass is 32.2. The van der Waals surface area contributed by atoms with Crippen molar-refractivity contribution in [1.29, 1.82) is 0 Å². The molecule has 0 bridgehead atoms. The summed E-state index contributed by atoms with van der Waals surface area (Å²) in [5.41, 5.74) is 1.98. The number of hydrogen-bond acceptors (Lipinski definition) is 3. The maximum Gasteiger partial charge on any atom is 0.247 e. The van der Waals surface area contributed by atoms with Crippen molar-refractivity contribution in [2.75, 3.05) is 13.7 Å². The van der Waals surface area contributed by atoms with E-state index in [-0.39, 0.29) is 10.9 Å². The van der Waals surface area contributed by atoms with Gasteiger partial charge in [0.05, 0.1) is 13.2 Å². The van der Waals surface area contributed by atoms with Crippen LogP contribution in [0, 0.1) is 0 Å². The maximum atomic E-state index is 13.4. The number of fused-ring (bicyclic) bond motifs is 1. The lowest BCUT2D eigenvalue weighted by molar-refractivity contribution is 0.251. The van der Waals surface area contributed by atoms with E-state index in [4.69, 9.17) is 4.74 Å². The van der Waals surface area contributed by atoms with Crippen LogP contribution in [0.15, 0.2) is 59.5 Å². The lowest BCUT2D eigenvalue weighted by atomic mass is 10.0. The highest BCUT2D eigenvalue weighted by molar-refractivity contribution is 7.89. The summed E-state index contributed by atoms with van der Waals surface area (Å²) in [6, 6.07) is 16.7. The van der Waals surface area contributed by atoms with E-state index in [1.165, 1.54) is 7.11 Å². The molecule has 1 N–H and O–H groups in total. The Bertz CT molecular complexity index is 993. The number of ether oxygens (including phenoxy) is 1. The van der Waals surface area contributed by atoms with Crippen LogP contribution in [0.25, 0.3) is 10.9 Å². The second-order valence-electron chi connectivity index (χ2n) is 6.59. The first kappa shape index (κ1) is 17.1. The third-order valence-corrected chi connectivity index (χ3v) is 6.97. The van der Waals surface area contributed by atoms with E-state index in [1.54, 1.807) is 28.6 Å². The third-order valence-electron chi connectivity index (χ3n) is 5.02. The zero-order valence-corrected chi connectivity index (χ0v) is 15.5. The van der Waals surface area contributed by atoms with Crippen molar-refractivity contribution in [3.8, 4) is 5.75 Å². The number of rotatable bonds is 4. The lowest BCUT2D eigenvalue weighted by Gasteiger charge is -2.34. The molecule has 136 valence electrons. The van der Waals surface area contributed by atoms with Gasteiger partial charge in [0, 0.05) is 17.8 Å². The van der Waals surface area contributed by atoms with E-state index in [1.807, 2.05) is 24.3 Å². The average molecular weight is 370 g/mol. The number of benzene rings is 2. The molecule has 1 saturated heterocycles. The normalized spacial score (nSPS) is 18.9. The molecule has 1 aliphatic heterocycles. The van der Waals surface area contributed by atoms with Gasteiger partial charge in [-0.15, -0.1) is 0 Å². The molecule has 2 heterocycles. The Hall–Kier alpha value is -2.31. The molecule has 1 aliphatic rings. The second kappa shape index (κ2) is 6.78. The van der Waals surface area contributed by atoms with Gasteiger partial charge in [0.2, 0.25) is 10.0 Å². The minimum absolute atomic E-state index is 0.189. The van der Waals surface area contributed by atoms with Gasteiger partial charge >= 0.3 is 0 Å². The van der Waals surface area contributed by atoms with Crippen LogP contribution in [-0.2, 0) is 10.0 Å². The Morgan fingerprint density at radius 2 is 1.85 bits per heavy atom. The van der Waals surface area contributed by atoms with Crippen LogP contribution in [0.4, 0.5) is 0 Å². The van der Waals surface area contributed by atoms with E-state index in [2.05, 4.69) is 11.1 Å². The largest absolute Gasteiger partial charge is 0.495 e. The predicted molar refractivity (Wildman–Crippen MR) is 102 cm³/mol. The molecule has 0 aliphatic carbocycles. The Morgan fingerprint density at radius 3 is 2.65 bits per heavy atom. The summed E-state index contributed by atoms with van der Waals surface area (Å²) in [5, 5.41) is 1.10. The molecule has 0 spiro atoms. The number of hydrogen-bond donors (Lipinski definition) is 1. The molecule has 4 rings (SSSR count). The molecule has 0 radical (unpaired) electrons. The van der Waals surface area contributed by atoms with Crippen LogP contribution in [0.2, 0.25) is 0 Å². The van der Waals surface area contributed by atoms with Crippen molar-refractivity contribution >= 4 is 20.9 Å². The van der Waals surface area contributed by atoms with Gasteiger partial charge < -0.3 is 9.72 Å². The van der Waals surface area contributed by atoms with Gasteiger partial charge in [0.1, 0.15) is 10.6 Å². The SMILES string of the molecule is COc1ccccc1S(=O)(=O)N1CCCCC1c1cc2ccccc2[nH]1. The summed E-state index contributed by atoms with van der Waals surface area (Å²) in [6.07, 6.45) is 2.68. The summed E-state index contributed by atoms with van der Waals surface area (Å²) < 4.78 is 33.7. The van der Waals surface area contributed by atoms with Crippen LogP contribution in [0.5, 0.6) is 5.75 Å². The zero-order valence-electron chi connectivity index (χ0n) is 14.7. The van der Waals surface area contributed by atoms with Crippen molar-refractivity contribution in [2.45, 2.75) is 30.2 Å². The molecule has 1 fully saturated rings. The topological polar surface area (TPSA) is 62.4 Å². The standard InChI is InChI=1S/C20H22N2O3S/c1-25-19-11-4-5-12-20(19)26(23,24)22-13-7-6-10-18(22)17-14-15-8-2-3-9-16(15)21-17/h2-5,8-9,11-12,14,18,21H,6-7,10,13H2,1H3. The zero-order chi connectivity index (χ0) is 18.1. The first-order chi connectivity index (χ1) is 12.6. The monoisotopic (exact) mass is 370 g/mol. The Labute approximate surface area is 153 Å². The highest BCUT2D eigenvalue weighted by Crippen LogP contribution is 2.38.